The molecule has 1 aromatic heterocycles. The van der Waals surface area contributed by atoms with Crippen LogP contribution >= 0.6 is 0 Å². The number of aryl methyl sites for hydroxylation is 1. The third kappa shape index (κ3) is 3.33. The van der Waals surface area contributed by atoms with E-state index in [1.807, 2.05) is 19.2 Å². The molecule has 2 heterocycles. The third-order valence-corrected chi connectivity index (χ3v) is 4.78. The number of rotatable bonds is 5. The Kier molecular flexibility index (Phi) is 4.94. The number of hydrogen-bond acceptors (Lipinski definition) is 3. The molecule has 0 bridgehead atoms. The van der Waals surface area contributed by atoms with E-state index < -0.39 is 5.54 Å². The van der Waals surface area contributed by atoms with Gasteiger partial charge in [-0.15, -0.1) is 0 Å². The zero-order chi connectivity index (χ0) is 17.0. The molecular weight excluding hydrogens is 307 g/mol. The molecule has 1 saturated heterocycles. The maximum Gasteiger partial charge on any atom is 0.248 e. The van der Waals surface area contributed by atoms with Gasteiger partial charge < -0.3 is 10.6 Å². The Labute approximate surface area is 141 Å². The van der Waals surface area contributed by atoms with Crippen molar-refractivity contribution in [2.45, 2.75) is 31.7 Å². The average Bonchev–Trinajstić information content (AvgIpc) is 3.12. The summed E-state index contributed by atoms with van der Waals surface area (Å²) >= 11 is 0. The first-order valence-corrected chi connectivity index (χ1v) is 8.36. The van der Waals surface area contributed by atoms with Crippen LogP contribution in [0, 0.1) is 12.7 Å². The Morgan fingerprint density at radius 2 is 2.21 bits per heavy atom. The van der Waals surface area contributed by atoms with Gasteiger partial charge in [0.2, 0.25) is 5.91 Å². The second kappa shape index (κ2) is 7.13. The van der Waals surface area contributed by atoms with Crippen molar-refractivity contribution >= 4 is 5.91 Å². The standard InChI is InChI=1S/C18H23FN4O/c1-14-13-16(19)4-3-15(14)5-9-21-17(24)18(6-10-20-11-7-18)23-12-2-8-22-23/h2-4,8,12-13,20H,5-7,9-11H2,1H3,(H,21,24). The van der Waals surface area contributed by atoms with Crippen molar-refractivity contribution < 1.29 is 9.18 Å². The molecule has 1 fully saturated rings. The minimum Gasteiger partial charge on any atom is -0.354 e. The minimum absolute atomic E-state index is 0.00691. The SMILES string of the molecule is Cc1cc(F)ccc1CCNC(=O)C1(n2cccn2)CCNCC1. The first-order chi connectivity index (χ1) is 11.6. The number of carbonyl (C=O) groups excluding carboxylic acids is 1. The van der Waals surface area contributed by atoms with E-state index in [1.54, 1.807) is 16.9 Å². The molecule has 0 unspecified atom stereocenters. The highest BCUT2D eigenvalue weighted by atomic mass is 19.1. The molecule has 0 saturated carbocycles. The Bertz CT molecular complexity index is 693. The summed E-state index contributed by atoms with van der Waals surface area (Å²) in [7, 11) is 0. The van der Waals surface area contributed by atoms with Crippen LogP contribution in [0.3, 0.4) is 0 Å². The Morgan fingerprint density at radius 1 is 1.42 bits per heavy atom. The molecule has 2 N–H and O–H groups in total. The molecule has 1 amide bonds. The summed E-state index contributed by atoms with van der Waals surface area (Å²) in [5.41, 5.74) is 1.34. The van der Waals surface area contributed by atoms with Crippen molar-refractivity contribution in [1.29, 1.82) is 0 Å². The van der Waals surface area contributed by atoms with Gasteiger partial charge >= 0.3 is 0 Å². The number of nitrogens with one attached hydrogen (secondary N) is 2. The summed E-state index contributed by atoms with van der Waals surface area (Å²) < 4.78 is 14.9. The van der Waals surface area contributed by atoms with Crippen molar-refractivity contribution in [3.63, 3.8) is 0 Å². The van der Waals surface area contributed by atoms with E-state index in [0.29, 0.717) is 13.0 Å². The van der Waals surface area contributed by atoms with Crippen LogP contribution in [0.1, 0.15) is 24.0 Å². The fraction of sp³-hybridized carbons (Fsp3) is 0.444. The highest BCUT2D eigenvalue weighted by Crippen LogP contribution is 2.27. The number of amides is 1. The number of benzene rings is 1. The zero-order valence-electron chi connectivity index (χ0n) is 13.9. The number of nitrogens with zero attached hydrogens (tertiary/aromatic N) is 2. The molecule has 128 valence electrons. The van der Waals surface area contributed by atoms with Crippen LogP contribution < -0.4 is 10.6 Å². The lowest BCUT2D eigenvalue weighted by Gasteiger charge is -2.36. The lowest BCUT2D eigenvalue weighted by Crippen LogP contribution is -2.54. The van der Waals surface area contributed by atoms with E-state index in [-0.39, 0.29) is 11.7 Å². The number of aromatic nitrogens is 2. The highest BCUT2D eigenvalue weighted by Gasteiger charge is 2.41. The van der Waals surface area contributed by atoms with Gasteiger partial charge in [0, 0.05) is 18.9 Å². The number of halogens is 1. The molecule has 1 aromatic carbocycles. The maximum absolute atomic E-state index is 13.2. The Balaban J connectivity index is 1.66. The fourth-order valence-corrected chi connectivity index (χ4v) is 3.34. The third-order valence-electron chi connectivity index (χ3n) is 4.78. The van der Waals surface area contributed by atoms with Crippen LogP contribution in [-0.2, 0) is 16.8 Å². The summed E-state index contributed by atoms with van der Waals surface area (Å²) in [4.78, 5) is 12.9. The van der Waals surface area contributed by atoms with Crippen LogP contribution in [0.5, 0.6) is 0 Å². The van der Waals surface area contributed by atoms with Gasteiger partial charge in [0.15, 0.2) is 0 Å². The second-order valence-corrected chi connectivity index (χ2v) is 6.31. The van der Waals surface area contributed by atoms with Crippen molar-refractivity contribution in [2.75, 3.05) is 19.6 Å². The van der Waals surface area contributed by atoms with Crippen LogP contribution in [0.25, 0.3) is 0 Å². The number of carbonyl (C=O) groups is 1. The smallest absolute Gasteiger partial charge is 0.248 e. The van der Waals surface area contributed by atoms with E-state index in [4.69, 9.17) is 0 Å². The van der Waals surface area contributed by atoms with E-state index >= 15 is 0 Å². The van der Waals surface area contributed by atoms with Gasteiger partial charge in [-0.3, -0.25) is 9.48 Å². The van der Waals surface area contributed by atoms with Gasteiger partial charge in [0.05, 0.1) is 0 Å². The Hall–Kier alpha value is -2.21. The van der Waals surface area contributed by atoms with Crippen molar-refractivity contribution in [3.8, 4) is 0 Å². The predicted octanol–water partition coefficient (Wildman–Crippen LogP) is 1.77. The molecule has 1 aliphatic rings. The molecular formula is C18H23FN4O. The normalized spacial score (nSPS) is 16.8. The van der Waals surface area contributed by atoms with Crippen LogP contribution in [0.15, 0.2) is 36.7 Å². The molecule has 24 heavy (non-hydrogen) atoms. The molecule has 0 radical (unpaired) electrons. The molecule has 0 spiro atoms. The largest absolute Gasteiger partial charge is 0.354 e. The summed E-state index contributed by atoms with van der Waals surface area (Å²) in [6.45, 7) is 4.01. The molecule has 0 atom stereocenters. The first-order valence-electron chi connectivity index (χ1n) is 8.36. The fourth-order valence-electron chi connectivity index (χ4n) is 3.34. The monoisotopic (exact) mass is 330 g/mol. The number of piperidine rings is 1. The molecule has 0 aliphatic carbocycles. The summed E-state index contributed by atoms with van der Waals surface area (Å²) in [5.74, 6) is -0.222. The predicted molar refractivity (Wildman–Crippen MR) is 90.2 cm³/mol. The van der Waals surface area contributed by atoms with E-state index in [9.17, 15) is 9.18 Å². The lowest BCUT2D eigenvalue weighted by atomic mass is 9.87. The molecule has 2 aromatic rings. The summed E-state index contributed by atoms with van der Waals surface area (Å²) in [6.07, 6.45) is 5.69. The quantitative estimate of drug-likeness (QED) is 0.878. The van der Waals surface area contributed by atoms with Gasteiger partial charge in [0.1, 0.15) is 11.4 Å². The molecule has 5 nitrogen and oxygen atoms in total. The second-order valence-electron chi connectivity index (χ2n) is 6.31. The van der Waals surface area contributed by atoms with Crippen molar-refractivity contribution in [3.05, 3.63) is 53.6 Å². The molecule has 1 aliphatic heterocycles. The Morgan fingerprint density at radius 3 is 2.88 bits per heavy atom. The highest BCUT2D eigenvalue weighted by molar-refractivity contribution is 5.84. The van der Waals surface area contributed by atoms with E-state index in [2.05, 4.69) is 15.7 Å². The van der Waals surface area contributed by atoms with E-state index in [0.717, 1.165) is 37.1 Å². The van der Waals surface area contributed by atoms with Crippen LogP contribution in [0.4, 0.5) is 4.39 Å². The summed E-state index contributed by atoms with van der Waals surface area (Å²) in [5, 5.41) is 10.7. The number of hydrogen-bond donors (Lipinski definition) is 2. The van der Waals surface area contributed by atoms with Crippen molar-refractivity contribution in [1.82, 2.24) is 20.4 Å². The van der Waals surface area contributed by atoms with Gasteiger partial charge in [-0.2, -0.15) is 5.10 Å². The zero-order valence-corrected chi connectivity index (χ0v) is 13.9. The van der Waals surface area contributed by atoms with Crippen molar-refractivity contribution in [2.24, 2.45) is 0 Å². The lowest BCUT2D eigenvalue weighted by molar-refractivity contribution is -0.131. The topological polar surface area (TPSA) is 59.0 Å². The average molecular weight is 330 g/mol. The van der Waals surface area contributed by atoms with Gasteiger partial charge in [-0.1, -0.05) is 6.07 Å². The molecule has 3 rings (SSSR count). The van der Waals surface area contributed by atoms with Crippen LogP contribution in [0.2, 0.25) is 0 Å². The minimum atomic E-state index is -0.618. The van der Waals surface area contributed by atoms with Gasteiger partial charge in [-0.25, -0.2) is 4.39 Å². The van der Waals surface area contributed by atoms with Crippen LogP contribution in [-0.4, -0.2) is 35.3 Å². The van der Waals surface area contributed by atoms with Gasteiger partial charge in [0.25, 0.3) is 0 Å². The summed E-state index contributed by atoms with van der Waals surface area (Å²) in [6, 6.07) is 6.61. The van der Waals surface area contributed by atoms with E-state index in [1.165, 1.54) is 12.1 Å². The first kappa shape index (κ1) is 16.6. The molecule has 6 heteroatoms. The van der Waals surface area contributed by atoms with Gasteiger partial charge in [-0.05, 0) is 68.6 Å². The maximum atomic E-state index is 13.2.